The fraction of sp³-hybridized carbons (Fsp3) is 0.294. The average Bonchev–Trinajstić information content (AvgIpc) is 2.55. The highest BCUT2D eigenvalue weighted by Gasteiger charge is 2.21. The van der Waals surface area contributed by atoms with Gasteiger partial charge in [-0.1, -0.05) is 27.5 Å². The van der Waals surface area contributed by atoms with Crippen LogP contribution in [0.5, 0.6) is 17.2 Å². The van der Waals surface area contributed by atoms with Gasteiger partial charge in [0.05, 0.1) is 18.6 Å². The molecule has 0 aromatic heterocycles. The van der Waals surface area contributed by atoms with E-state index in [2.05, 4.69) is 15.9 Å². The minimum atomic E-state index is -3.45. The van der Waals surface area contributed by atoms with Crippen molar-refractivity contribution in [2.24, 2.45) is 0 Å². The number of ether oxygens (including phenoxy) is 3. The molecular weight excluding hydrogens is 432 g/mol. The van der Waals surface area contributed by atoms with E-state index in [0.29, 0.717) is 51.1 Å². The molecule has 1 aliphatic rings. The van der Waals surface area contributed by atoms with Crippen molar-refractivity contribution in [2.75, 3.05) is 20.3 Å². The third kappa shape index (κ3) is 4.40. The van der Waals surface area contributed by atoms with Crippen LogP contribution in [0.3, 0.4) is 0 Å². The lowest BCUT2D eigenvalue weighted by Crippen LogP contribution is -2.16. The van der Waals surface area contributed by atoms with Crippen molar-refractivity contribution in [3.63, 3.8) is 0 Å². The van der Waals surface area contributed by atoms with E-state index in [4.69, 9.17) is 25.8 Å². The maximum Gasteiger partial charge on any atom is 0.162 e. The van der Waals surface area contributed by atoms with Crippen molar-refractivity contribution in [3.05, 3.63) is 51.0 Å². The van der Waals surface area contributed by atoms with Crippen LogP contribution < -0.4 is 14.2 Å². The first-order valence-electron chi connectivity index (χ1n) is 7.49. The van der Waals surface area contributed by atoms with Gasteiger partial charge in [0.25, 0.3) is 0 Å². The molecule has 8 heteroatoms. The summed E-state index contributed by atoms with van der Waals surface area (Å²) in [7, 11) is -1.95. The molecule has 134 valence electrons. The second kappa shape index (κ2) is 7.43. The molecule has 0 amide bonds. The second-order valence-electron chi connectivity index (χ2n) is 5.58. The van der Waals surface area contributed by atoms with E-state index in [1.54, 1.807) is 30.3 Å². The molecule has 0 spiro atoms. The van der Waals surface area contributed by atoms with Gasteiger partial charge in [-0.25, -0.2) is 8.42 Å². The summed E-state index contributed by atoms with van der Waals surface area (Å²) < 4.78 is 42.3. The highest BCUT2D eigenvalue weighted by molar-refractivity contribution is 9.10. The molecule has 0 aliphatic carbocycles. The van der Waals surface area contributed by atoms with Crippen LogP contribution in [0.25, 0.3) is 0 Å². The van der Waals surface area contributed by atoms with Gasteiger partial charge in [0.2, 0.25) is 0 Å². The summed E-state index contributed by atoms with van der Waals surface area (Å²) in [6, 6.07) is 8.36. The van der Waals surface area contributed by atoms with Gasteiger partial charge in [0, 0.05) is 15.1 Å². The Kier molecular flexibility index (Phi) is 5.46. The van der Waals surface area contributed by atoms with Gasteiger partial charge in [-0.3, -0.25) is 0 Å². The van der Waals surface area contributed by atoms with Crippen LogP contribution in [0.2, 0.25) is 5.02 Å². The first kappa shape index (κ1) is 18.4. The van der Waals surface area contributed by atoms with Crippen molar-refractivity contribution in [3.8, 4) is 17.2 Å². The zero-order valence-electron chi connectivity index (χ0n) is 13.4. The number of sulfone groups is 1. The molecule has 0 fully saturated rings. The topological polar surface area (TPSA) is 61.8 Å². The maximum atomic E-state index is 12.7. The fourth-order valence-electron chi connectivity index (χ4n) is 2.60. The number of hydrogen-bond acceptors (Lipinski definition) is 5. The van der Waals surface area contributed by atoms with Crippen molar-refractivity contribution in [1.82, 2.24) is 0 Å². The molecule has 2 aromatic rings. The first-order chi connectivity index (χ1) is 11.9. The molecule has 0 bridgehead atoms. The highest BCUT2D eigenvalue weighted by Crippen LogP contribution is 2.36. The number of benzene rings is 2. The average molecular weight is 448 g/mol. The quantitative estimate of drug-likeness (QED) is 0.693. The smallest absolute Gasteiger partial charge is 0.162 e. The van der Waals surface area contributed by atoms with Crippen LogP contribution in [0.4, 0.5) is 0 Å². The lowest BCUT2D eigenvalue weighted by molar-refractivity contribution is 0.171. The molecule has 0 atom stereocenters. The van der Waals surface area contributed by atoms with E-state index in [0.717, 1.165) is 0 Å². The van der Waals surface area contributed by atoms with E-state index >= 15 is 0 Å². The summed E-state index contributed by atoms with van der Waals surface area (Å²) in [5.41, 5.74) is 1.15. The molecule has 3 rings (SSSR count). The molecule has 0 radical (unpaired) electrons. The van der Waals surface area contributed by atoms with Gasteiger partial charge in [0.1, 0.15) is 19.0 Å². The van der Waals surface area contributed by atoms with Gasteiger partial charge < -0.3 is 14.2 Å². The Bertz CT molecular complexity index is 898. The predicted octanol–water partition coefficient (Wildman–Crippen LogP) is 4.00. The standard InChI is InChI=1S/C17H16BrClO5S/c1-22-15-3-2-13(19)6-12(15)10-25(20,21)9-11-7-16-17(8-14(11)18)24-5-4-23-16/h2-3,6-8H,4-5,9-10H2,1H3. The van der Waals surface area contributed by atoms with Crippen LogP contribution in [-0.4, -0.2) is 28.7 Å². The van der Waals surface area contributed by atoms with Gasteiger partial charge >= 0.3 is 0 Å². The summed E-state index contributed by atoms with van der Waals surface area (Å²) in [6.45, 7) is 0.923. The highest BCUT2D eigenvalue weighted by atomic mass is 79.9. The Morgan fingerprint density at radius 3 is 2.40 bits per heavy atom. The molecule has 2 aromatic carbocycles. The lowest BCUT2D eigenvalue weighted by atomic mass is 10.2. The number of hydrogen-bond donors (Lipinski definition) is 0. The lowest BCUT2D eigenvalue weighted by Gasteiger charge is -2.20. The largest absolute Gasteiger partial charge is 0.496 e. The zero-order chi connectivity index (χ0) is 18.0. The van der Waals surface area contributed by atoms with Gasteiger partial charge in [-0.05, 0) is 35.9 Å². The van der Waals surface area contributed by atoms with E-state index in [-0.39, 0.29) is 11.5 Å². The van der Waals surface area contributed by atoms with Gasteiger partial charge in [0.15, 0.2) is 21.3 Å². The van der Waals surface area contributed by atoms with Crippen molar-refractivity contribution >= 4 is 37.4 Å². The number of rotatable bonds is 5. The third-order valence-electron chi connectivity index (χ3n) is 3.70. The molecule has 1 aliphatic heterocycles. The fourth-order valence-corrected chi connectivity index (χ4v) is 4.96. The molecule has 1 heterocycles. The number of fused-ring (bicyclic) bond motifs is 1. The molecule has 25 heavy (non-hydrogen) atoms. The molecule has 0 unspecified atom stereocenters. The predicted molar refractivity (Wildman–Crippen MR) is 99.5 cm³/mol. The normalized spacial score (nSPS) is 13.6. The molecule has 0 saturated carbocycles. The number of halogens is 2. The summed E-state index contributed by atoms with van der Waals surface area (Å²) in [5, 5.41) is 0.464. The van der Waals surface area contributed by atoms with E-state index in [1.165, 1.54) is 7.11 Å². The second-order valence-corrected chi connectivity index (χ2v) is 8.93. The maximum absolute atomic E-state index is 12.7. The molecule has 0 N–H and O–H groups in total. The Labute approximate surface area is 159 Å². The monoisotopic (exact) mass is 446 g/mol. The van der Waals surface area contributed by atoms with E-state index in [1.807, 2.05) is 0 Å². The summed E-state index contributed by atoms with van der Waals surface area (Å²) in [4.78, 5) is 0. The Balaban J connectivity index is 1.86. The Morgan fingerprint density at radius 2 is 1.72 bits per heavy atom. The van der Waals surface area contributed by atoms with Crippen LogP contribution in [0.15, 0.2) is 34.8 Å². The third-order valence-corrected chi connectivity index (χ3v) is 6.18. The SMILES string of the molecule is COc1ccc(Cl)cc1CS(=O)(=O)Cc1cc2c(cc1Br)OCCO2. The molecule has 5 nitrogen and oxygen atoms in total. The minimum Gasteiger partial charge on any atom is -0.496 e. The summed E-state index contributed by atoms with van der Waals surface area (Å²) in [6.07, 6.45) is 0. The Hall–Kier alpha value is -1.44. The van der Waals surface area contributed by atoms with Crippen LogP contribution in [0, 0.1) is 0 Å². The van der Waals surface area contributed by atoms with Gasteiger partial charge in [-0.15, -0.1) is 0 Å². The summed E-state index contributed by atoms with van der Waals surface area (Å²) in [5.74, 6) is 1.35. The molecule has 0 saturated heterocycles. The van der Waals surface area contributed by atoms with Crippen molar-refractivity contribution < 1.29 is 22.6 Å². The van der Waals surface area contributed by atoms with E-state index in [9.17, 15) is 8.42 Å². The van der Waals surface area contributed by atoms with E-state index < -0.39 is 9.84 Å². The first-order valence-corrected chi connectivity index (χ1v) is 10.5. The van der Waals surface area contributed by atoms with Crippen LogP contribution in [0.1, 0.15) is 11.1 Å². The molecular formula is C17H16BrClO5S. The summed E-state index contributed by atoms with van der Waals surface area (Å²) >= 11 is 9.39. The Morgan fingerprint density at radius 1 is 1.08 bits per heavy atom. The van der Waals surface area contributed by atoms with Gasteiger partial charge in [-0.2, -0.15) is 0 Å². The van der Waals surface area contributed by atoms with Crippen LogP contribution >= 0.6 is 27.5 Å². The van der Waals surface area contributed by atoms with Crippen LogP contribution in [-0.2, 0) is 21.3 Å². The zero-order valence-corrected chi connectivity index (χ0v) is 16.6. The number of methoxy groups -OCH3 is 1. The minimum absolute atomic E-state index is 0.139. The van der Waals surface area contributed by atoms with Crippen molar-refractivity contribution in [2.45, 2.75) is 11.5 Å². The van der Waals surface area contributed by atoms with Crippen molar-refractivity contribution in [1.29, 1.82) is 0 Å².